The quantitative estimate of drug-likeness (QED) is 0.770. The summed E-state index contributed by atoms with van der Waals surface area (Å²) >= 11 is 1.48. The smallest absolute Gasteiger partial charge is 0.270 e. The molecule has 2 aromatic heterocycles. The van der Waals surface area contributed by atoms with Crippen LogP contribution in [0.2, 0.25) is 0 Å². The van der Waals surface area contributed by atoms with Crippen molar-refractivity contribution in [2.24, 2.45) is 0 Å². The zero-order valence-corrected chi connectivity index (χ0v) is 14.7. The number of thiazole rings is 1. The summed E-state index contributed by atoms with van der Waals surface area (Å²) < 4.78 is 1.82. The van der Waals surface area contributed by atoms with E-state index in [4.69, 9.17) is 0 Å². The van der Waals surface area contributed by atoms with Crippen molar-refractivity contribution in [1.29, 1.82) is 0 Å². The maximum Gasteiger partial charge on any atom is 0.270 e. The van der Waals surface area contributed by atoms with Crippen LogP contribution in [0.4, 0.5) is 0 Å². The van der Waals surface area contributed by atoms with Gasteiger partial charge in [-0.05, 0) is 25.0 Å². The zero-order valence-electron chi connectivity index (χ0n) is 13.9. The van der Waals surface area contributed by atoms with Gasteiger partial charge in [0, 0.05) is 23.2 Å². The molecule has 2 heterocycles. The van der Waals surface area contributed by atoms with Gasteiger partial charge in [-0.25, -0.2) is 9.67 Å². The van der Waals surface area contributed by atoms with Crippen molar-refractivity contribution in [1.82, 2.24) is 20.1 Å². The number of carbonyl (C=O) groups is 1. The third-order valence-corrected chi connectivity index (χ3v) is 5.42. The maximum atomic E-state index is 12.4. The molecule has 1 fully saturated rings. The Balaban J connectivity index is 1.47. The number of amides is 1. The van der Waals surface area contributed by atoms with Crippen molar-refractivity contribution in [3.63, 3.8) is 0 Å². The third-order valence-electron chi connectivity index (χ3n) is 4.53. The molecule has 1 saturated carbocycles. The molecule has 0 atom stereocenters. The highest BCUT2D eigenvalue weighted by atomic mass is 32.1. The molecule has 0 spiro atoms. The molecule has 1 aromatic carbocycles. The predicted molar refractivity (Wildman–Crippen MR) is 99.0 cm³/mol. The SMILES string of the molecule is O=C(NC1CCCCC1)c1csc(-c2cnn(-c3ccccc3)c2)n1. The molecule has 3 aromatic rings. The molecule has 128 valence electrons. The number of hydrogen-bond donors (Lipinski definition) is 1. The largest absolute Gasteiger partial charge is 0.348 e. The van der Waals surface area contributed by atoms with Gasteiger partial charge in [-0.15, -0.1) is 11.3 Å². The van der Waals surface area contributed by atoms with Gasteiger partial charge in [-0.2, -0.15) is 5.10 Å². The summed E-state index contributed by atoms with van der Waals surface area (Å²) in [5, 5.41) is 10.2. The number of benzene rings is 1. The van der Waals surface area contributed by atoms with Gasteiger partial charge < -0.3 is 5.32 Å². The second-order valence-corrected chi connectivity index (χ2v) is 7.21. The van der Waals surface area contributed by atoms with Gasteiger partial charge in [0.25, 0.3) is 5.91 Å². The van der Waals surface area contributed by atoms with Crippen LogP contribution in [0.25, 0.3) is 16.3 Å². The van der Waals surface area contributed by atoms with E-state index in [0.717, 1.165) is 29.1 Å². The first kappa shape index (κ1) is 16.0. The van der Waals surface area contributed by atoms with Crippen LogP contribution in [0.1, 0.15) is 42.6 Å². The van der Waals surface area contributed by atoms with Crippen LogP contribution in [0.15, 0.2) is 48.1 Å². The lowest BCUT2D eigenvalue weighted by Gasteiger charge is -2.22. The third kappa shape index (κ3) is 3.64. The van der Waals surface area contributed by atoms with Crippen LogP contribution in [0, 0.1) is 0 Å². The Hall–Kier alpha value is -2.47. The average Bonchev–Trinajstić information content (AvgIpc) is 3.33. The van der Waals surface area contributed by atoms with Crippen molar-refractivity contribution >= 4 is 17.2 Å². The number of nitrogens with one attached hydrogen (secondary N) is 1. The minimum Gasteiger partial charge on any atom is -0.348 e. The maximum absolute atomic E-state index is 12.4. The highest BCUT2D eigenvalue weighted by Gasteiger charge is 2.19. The molecular weight excluding hydrogens is 332 g/mol. The molecule has 1 aliphatic rings. The van der Waals surface area contributed by atoms with Crippen molar-refractivity contribution in [3.8, 4) is 16.3 Å². The van der Waals surface area contributed by atoms with Crippen molar-refractivity contribution < 1.29 is 4.79 Å². The normalized spacial score (nSPS) is 15.2. The van der Waals surface area contributed by atoms with Crippen LogP contribution in [-0.2, 0) is 0 Å². The van der Waals surface area contributed by atoms with Gasteiger partial charge >= 0.3 is 0 Å². The molecule has 4 rings (SSSR count). The van der Waals surface area contributed by atoms with E-state index in [1.807, 2.05) is 46.6 Å². The van der Waals surface area contributed by atoms with E-state index in [9.17, 15) is 4.79 Å². The summed E-state index contributed by atoms with van der Waals surface area (Å²) in [7, 11) is 0. The molecule has 25 heavy (non-hydrogen) atoms. The van der Waals surface area contributed by atoms with E-state index in [-0.39, 0.29) is 5.91 Å². The Labute approximate surface area is 150 Å². The minimum atomic E-state index is -0.0650. The molecule has 6 heteroatoms. The molecule has 0 aliphatic heterocycles. The van der Waals surface area contributed by atoms with E-state index in [2.05, 4.69) is 15.4 Å². The fraction of sp³-hybridized carbons (Fsp3) is 0.316. The number of carbonyl (C=O) groups excluding carboxylic acids is 1. The number of nitrogens with zero attached hydrogens (tertiary/aromatic N) is 3. The summed E-state index contributed by atoms with van der Waals surface area (Å²) in [4.78, 5) is 16.9. The Kier molecular flexibility index (Phi) is 4.61. The fourth-order valence-electron chi connectivity index (χ4n) is 3.17. The highest BCUT2D eigenvalue weighted by Crippen LogP contribution is 2.25. The van der Waals surface area contributed by atoms with Crippen molar-refractivity contribution in [2.75, 3.05) is 0 Å². The highest BCUT2D eigenvalue weighted by molar-refractivity contribution is 7.13. The Bertz CT molecular complexity index is 849. The van der Waals surface area contributed by atoms with Crippen LogP contribution < -0.4 is 5.32 Å². The van der Waals surface area contributed by atoms with Crippen molar-refractivity contribution in [3.05, 3.63) is 53.8 Å². The Morgan fingerprint density at radius 1 is 1.16 bits per heavy atom. The van der Waals surface area contributed by atoms with Gasteiger partial charge in [-0.3, -0.25) is 4.79 Å². The predicted octanol–water partition coefficient (Wildman–Crippen LogP) is 4.06. The molecule has 0 radical (unpaired) electrons. The Morgan fingerprint density at radius 3 is 2.76 bits per heavy atom. The van der Waals surface area contributed by atoms with Gasteiger partial charge in [0.15, 0.2) is 0 Å². The van der Waals surface area contributed by atoms with E-state index < -0.39 is 0 Å². The summed E-state index contributed by atoms with van der Waals surface area (Å²) in [5.41, 5.74) is 2.42. The molecule has 1 N–H and O–H groups in total. The second kappa shape index (κ2) is 7.19. The zero-order chi connectivity index (χ0) is 17.1. The number of para-hydroxylation sites is 1. The average molecular weight is 352 g/mol. The molecule has 1 amide bonds. The monoisotopic (exact) mass is 352 g/mol. The second-order valence-electron chi connectivity index (χ2n) is 6.36. The first-order valence-electron chi connectivity index (χ1n) is 8.66. The van der Waals surface area contributed by atoms with E-state index >= 15 is 0 Å². The van der Waals surface area contributed by atoms with Crippen LogP contribution in [0.3, 0.4) is 0 Å². The van der Waals surface area contributed by atoms with Gasteiger partial charge in [0.05, 0.1) is 11.9 Å². The van der Waals surface area contributed by atoms with E-state index in [1.165, 1.54) is 30.6 Å². The lowest BCUT2D eigenvalue weighted by molar-refractivity contribution is 0.0923. The van der Waals surface area contributed by atoms with Crippen LogP contribution in [-0.4, -0.2) is 26.7 Å². The Morgan fingerprint density at radius 2 is 1.96 bits per heavy atom. The standard InChI is InChI=1S/C19H20N4OS/c24-18(21-15-7-3-1-4-8-15)17-13-25-19(22-17)14-11-20-23(12-14)16-9-5-2-6-10-16/h2,5-6,9-13,15H,1,3-4,7-8H2,(H,21,24). The van der Waals surface area contributed by atoms with Crippen LogP contribution >= 0.6 is 11.3 Å². The summed E-state index contributed by atoms with van der Waals surface area (Å²) in [6, 6.07) is 10.2. The molecule has 0 unspecified atom stereocenters. The lowest BCUT2D eigenvalue weighted by Crippen LogP contribution is -2.36. The van der Waals surface area contributed by atoms with E-state index in [0.29, 0.717) is 11.7 Å². The topological polar surface area (TPSA) is 59.8 Å². The summed E-state index contributed by atoms with van der Waals surface area (Å²) in [6.45, 7) is 0. The minimum absolute atomic E-state index is 0.0650. The number of aromatic nitrogens is 3. The lowest BCUT2D eigenvalue weighted by atomic mass is 9.95. The summed E-state index contributed by atoms with van der Waals surface area (Å²) in [5.74, 6) is -0.0650. The molecule has 0 bridgehead atoms. The fourth-order valence-corrected chi connectivity index (χ4v) is 3.95. The van der Waals surface area contributed by atoms with Crippen LogP contribution in [0.5, 0.6) is 0 Å². The number of hydrogen-bond acceptors (Lipinski definition) is 4. The van der Waals surface area contributed by atoms with Gasteiger partial charge in [0.1, 0.15) is 10.7 Å². The van der Waals surface area contributed by atoms with Gasteiger partial charge in [0.2, 0.25) is 0 Å². The first-order valence-corrected chi connectivity index (χ1v) is 9.54. The first-order chi connectivity index (χ1) is 12.3. The van der Waals surface area contributed by atoms with E-state index in [1.54, 1.807) is 6.20 Å². The van der Waals surface area contributed by atoms with Gasteiger partial charge in [-0.1, -0.05) is 37.5 Å². The molecular formula is C19H20N4OS. The molecule has 0 saturated heterocycles. The summed E-state index contributed by atoms with van der Waals surface area (Å²) in [6.07, 6.45) is 9.56. The molecule has 5 nitrogen and oxygen atoms in total. The number of rotatable bonds is 4. The molecule has 1 aliphatic carbocycles. The van der Waals surface area contributed by atoms with Crippen molar-refractivity contribution in [2.45, 2.75) is 38.1 Å².